The summed E-state index contributed by atoms with van der Waals surface area (Å²) in [5.74, 6) is 0. The maximum absolute atomic E-state index is 11.1. The topological polar surface area (TPSA) is 77.8 Å². The van der Waals surface area contributed by atoms with Gasteiger partial charge >= 0.3 is 5.69 Å². The zero-order valence-corrected chi connectivity index (χ0v) is 10.6. The zero-order valence-electron chi connectivity index (χ0n) is 9.09. The minimum Gasteiger partial charge on any atom is -0.379 e. The molecule has 0 aliphatic rings. The Kier molecular flexibility index (Phi) is 3.74. The Balaban J connectivity index is 2.16. The van der Waals surface area contributed by atoms with Crippen LogP contribution in [0.5, 0.6) is 0 Å². The number of anilines is 1. The Hall–Kier alpha value is -1.72. The lowest BCUT2D eigenvalue weighted by Crippen LogP contribution is -2.23. The van der Waals surface area contributed by atoms with Crippen molar-refractivity contribution in [1.82, 2.24) is 9.97 Å². The molecule has 7 heteroatoms. The molecule has 1 aromatic heterocycles. The molecule has 94 valence electrons. The number of nitrogens with one attached hydrogen (secondary N) is 3. The summed E-state index contributed by atoms with van der Waals surface area (Å²) in [5.41, 5.74) is 0.191. The van der Waals surface area contributed by atoms with E-state index in [1.165, 1.54) is 6.07 Å². The summed E-state index contributed by atoms with van der Waals surface area (Å²) >= 11 is 11.7. The Morgan fingerprint density at radius 3 is 2.28 bits per heavy atom. The third-order valence-electron chi connectivity index (χ3n) is 2.16. The highest BCUT2D eigenvalue weighted by Gasteiger charge is 2.00. The van der Waals surface area contributed by atoms with E-state index in [2.05, 4.69) is 15.3 Å². The minimum atomic E-state index is -0.538. The molecular formula is C11H9Cl2N3O2. The summed E-state index contributed by atoms with van der Waals surface area (Å²) in [6, 6.07) is 6.31. The van der Waals surface area contributed by atoms with Crippen molar-refractivity contribution in [1.29, 1.82) is 0 Å². The second-order valence-electron chi connectivity index (χ2n) is 3.62. The number of halogens is 2. The highest BCUT2D eigenvalue weighted by atomic mass is 35.5. The maximum atomic E-state index is 11.1. The molecule has 0 unspecified atom stereocenters. The quantitative estimate of drug-likeness (QED) is 0.807. The van der Waals surface area contributed by atoms with E-state index < -0.39 is 11.2 Å². The van der Waals surface area contributed by atoms with Crippen LogP contribution in [0, 0.1) is 0 Å². The zero-order chi connectivity index (χ0) is 13.1. The number of hydrogen-bond acceptors (Lipinski definition) is 3. The molecule has 3 N–H and O–H groups in total. The molecule has 0 atom stereocenters. The van der Waals surface area contributed by atoms with Crippen LogP contribution in [-0.4, -0.2) is 9.97 Å². The third-order valence-corrected chi connectivity index (χ3v) is 2.60. The number of rotatable bonds is 3. The highest BCUT2D eigenvalue weighted by molar-refractivity contribution is 6.35. The van der Waals surface area contributed by atoms with Gasteiger partial charge in [0.15, 0.2) is 0 Å². The van der Waals surface area contributed by atoms with Crippen LogP contribution in [-0.2, 0) is 6.54 Å². The molecule has 5 nitrogen and oxygen atoms in total. The van der Waals surface area contributed by atoms with Crippen LogP contribution >= 0.6 is 23.2 Å². The SMILES string of the molecule is O=c1cc(CNc2cc(Cl)cc(Cl)c2)[nH]c(=O)[nH]1. The van der Waals surface area contributed by atoms with Gasteiger partial charge in [-0.15, -0.1) is 0 Å². The van der Waals surface area contributed by atoms with E-state index >= 15 is 0 Å². The van der Waals surface area contributed by atoms with Gasteiger partial charge in [-0.1, -0.05) is 23.2 Å². The summed E-state index contributed by atoms with van der Waals surface area (Å²) in [4.78, 5) is 26.7. The van der Waals surface area contributed by atoms with E-state index in [0.29, 0.717) is 21.4 Å². The molecule has 0 saturated carbocycles. The van der Waals surface area contributed by atoms with Gasteiger partial charge in [0.2, 0.25) is 0 Å². The third kappa shape index (κ3) is 3.38. The van der Waals surface area contributed by atoms with Crippen LogP contribution in [0.3, 0.4) is 0 Å². The second-order valence-corrected chi connectivity index (χ2v) is 4.50. The first-order valence-electron chi connectivity index (χ1n) is 5.05. The van der Waals surface area contributed by atoms with E-state index in [-0.39, 0.29) is 6.54 Å². The Morgan fingerprint density at radius 2 is 1.67 bits per heavy atom. The van der Waals surface area contributed by atoms with Crippen molar-refractivity contribution in [3.05, 3.63) is 60.8 Å². The molecule has 0 spiro atoms. The standard InChI is InChI=1S/C11H9Cl2N3O2/c12-6-1-7(13)3-8(2-6)14-5-9-4-10(17)16-11(18)15-9/h1-4,14H,5H2,(H2,15,16,17,18). The lowest BCUT2D eigenvalue weighted by molar-refractivity contribution is 0.942. The fourth-order valence-corrected chi connectivity index (χ4v) is 1.99. The van der Waals surface area contributed by atoms with Gasteiger partial charge in [-0.3, -0.25) is 9.78 Å². The number of aromatic nitrogens is 2. The Bertz CT molecular complexity index is 630. The molecule has 0 radical (unpaired) electrons. The largest absolute Gasteiger partial charge is 0.379 e. The van der Waals surface area contributed by atoms with E-state index in [0.717, 1.165) is 0 Å². The van der Waals surface area contributed by atoms with Crippen molar-refractivity contribution in [3.8, 4) is 0 Å². The van der Waals surface area contributed by atoms with E-state index in [1.807, 2.05) is 0 Å². The van der Waals surface area contributed by atoms with Gasteiger partial charge < -0.3 is 10.3 Å². The van der Waals surface area contributed by atoms with Gasteiger partial charge in [-0.05, 0) is 18.2 Å². The van der Waals surface area contributed by atoms with Crippen molar-refractivity contribution in [3.63, 3.8) is 0 Å². The normalized spacial score (nSPS) is 10.3. The molecular weight excluding hydrogens is 277 g/mol. The van der Waals surface area contributed by atoms with Crippen molar-refractivity contribution in [2.45, 2.75) is 6.54 Å². The second kappa shape index (κ2) is 5.29. The number of benzene rings is 1. The maximum Gasteiger partial charge on any atom is 0.325 e. The molecule has 2 aromatic rings. The molecule has 0 saturated heterocycles. The number of aromatic amines is 2. The smallest absolute Gasteiger partial charge is 0.325 e. The van der Waals surface area contributed by atoms with Crippen molar-refractivity contribution < 1.29 is 0 Å². The van der Waals surface area contributed by atoms with Gasteiger partial charge in [-0.2, -0.15) is 0 Å². The average molecular weight is 286 g/mol. The van der Waals surface area contributed by atoms with Crippen molar-refractivity contribution in [2.24, 2.45) is 0 Å². The van der Waals surface area contributed by atoms with Crippen LogP contribution in [0.1, 0.15) is 5.69 Å². The molecule has 2 rings (SSSR count). The summed E-state index contributed by atoms with van der Waals surface area (Å²) in [5, 5.41) is 4.01. The van der Waals surface area contributed by atoms with Crippen LogP contribution < -0.4 is 16.6 Å². The summed E-state index contributed by atoms with van der Waals surface area (Å²) in [6.07, 6.45) is 0. The first kappa shape index (κ1) is 12.7. The minimum absolute atomic E-state index is 0.288. The lowest BCUT2D eigenvalue weighted by Gasteiger charge is -2.07. The van der Waals surface area contributed by atoms with E-state index in [4.69, 9.17) is 23.2 Å². The molecule has 0 bridgehead atoms. The average Bonchev–Trinajstić information content (AvgIpc) is 2.23. The van der Waals surface area contributed by atoms with Gasteiger partial charge in [0.1, 0.15) is 0 Å². The number of hydrogen-bond donors (Lipinski definition) is 3. The molecule has 0 amide bonds. The Morgan fingerprint density at radius 1 is 1.00 bits per heavy atom. The first-order valence-corrected chi connectivity index (χ1v) is 5.81. The van der Waals surface area contributed by atoms with Crippen LogP contribution in [0.2, 0.25) is 10.0 Å². The summed E-state index contributed by atoms with van der Waals surface area (Å²) in [6.45, 7) is 0.288. The molecule has 0 fully saturated rings. The molecule has 0 aliphatic heterocycles. The van der Waals surface area contributed by atoms with Gasteiger partial charge in [0.25, 0.3) is 5.56 Å². The monoisotopic (exact) mass is 285 g/mol. The van der Waals surface area contributed by atoms with Gasteiger partial charge in [0, 0.05) is 27.5 Å². The fourth-order valence-electron chi connectivity index (χ4n) is 1.47. The summed E-state index contributed by atoms with van der Waals surface area (Å²) in [7, 11) is 0. The molecule has 1 heterocycles. The van der Waals surface area contributed by atoms with Crippen LogP contribution in [0.25, 0.3) is 0 Å². The van der Waals surface area contributed by atoms with E-state index in [9.17, 15) is 9.59 Å². The molecule has 1 aromatic carbocycles. The first-order chi connectivity index (χ1) is 8.52. The van der Waals surface area contributed by atoms with Crippen LogP contribution in [0.15, 0.2) is 33.9 Å². The Labute approximate surface area is 112 Å². The van der Waals surface area contributed by atoms with Gasteiger partial charge in [-0.25, -0.2) is 4.79 Å². The molecule has 0 aliphatic carbocycles. The molecule has 18 heavy (non-hydrogen) atoms. The lowest BCUT2D eigenvalue weighted by atomic mass is 10.3. The fraction of sp³-hybridized carbons (Fsp3) is 0.0909. The van der Waals surface area contributed by atoms with Crippen molar-refractivity contribution in [2.75, 3.05) is 5.32 Å². The van der Waals surface area contributed by atoms with Crippen LogP contribution in [0.4, 0.5) is 5.69 Å². The summed E-state index contributed by atoms with van der Waals surface area (Å²) < 4.78 is 0. The van der Waals surface area contributed by atoms with E-state index in [1.54, 1.807) is 18.2 Å². The number of H-pyrrole nitrogens is 2. The van der Waals surface area contributed by atoms with Gasteiger partial charge in [0.05, 0.1) is 6.54 Å². The predicted octanol–water partition coefficient (Wildman–Crippen LogP) is 1.98. The van der Waals surface area contributed by atoms with Crippen molar-refractivity contribution >= 4 is 28.9 Å². The highest BCUT2D eigenvalue weighted by Crippen LogP contribution is 2.22. The predicted molar refractivity (Wildman–Crippen MR) is 71.5 cm³/mol.